The second kappa shape index (κ2) is 3.84. The van der Waals surface area contributed by atoms with Crippen LogP contribution in [0.4, 0.5) is 14.5 Å². The third kappa shape index (κ3) is 2.65. The molecule has 0 atom stereocenters. The average Bonchev–Trinajstić information content (AvgIpc) is 2.10. The molecule has 1 rings (SSSR count). The van der Waals surface area contributed by atoms with Crippen LogP contribution in [-0.2, 0) is 4.79 Å². The third-order valence-electron chi connectivity index (χ3n) is 1.91. The number of aliphatic carboxylic acids is 1. The Morgan fingerprint density at radius 2 is 2.00 bits per heavy atom. The molecule has 0 aliphatic rings. The highest BCUT2D eigenvalue weighted by molar-refractivity contribution is 5.81. The number of anilines is 1. The normalized spacial score (nSPS) is 11.2. The Morgan fingerprint density at radius 3 is 2.53 bits per heavy atom. The van der Waals surface area contributed by atoms with E-state index in [2.05, 4.69) is 5.32 Å². The molecular formula is C10H11F2NO2. The third-order valence-corrected chi connectivity index (χ3v) is 1.91. The maximum atomic E-state index is 13.1. The summed E-state index contributed by atoms with van der Waals surface area (Å²) in [6.45, 7) is 2.72. The first-order valence-corrected chi connectivity index (χ1v) is 4.29. The summed E-state index contributed by atoms with van der Waals surface area (Å²) in [7, 11) is 0. The van der Waals surface area contributed by atoms with E-state index in [0.717, 1.165) is 18.2 Å². The molecule has 1 aromatic carbocycles. The largest absolute Gasteiger partial charge is 0.480 e. The van der Waals surface area contributed by atoms with E-state index in [1.165, 1.54) is 13.8 Å². The van der Waals surface area contributed by atoms with Gasteiger partial charge in [0.25, 0.3) is 0 Å². The number of carbonyl (C=O) groups is 1. The zero-order valence-electron chi connectivity index (χ0n) is 8.34. The van der Waals surface area contributed by atoms with Gasteiger partial charge in [0, 0.05) is 0 Å². The van der Waals surface area contributed by atoms with Crippen molar-refractivity contribution in [3.8, 4) is 0 Å². The van der Waals surface area contributed by atoms with Gasteiger partial charge in [-0.3, -0.25) is 0 Å². The van der Waals surface area contributed by atoms with Gasteiger partial charge in [0.05, 0.1) is 5.69 Å². The first-order valence-electron chi connectivity index (χ1n) is 4.29. The van der Waals surface area contributed by atoms with E-state index in [1.54, 1.807) is 0 Å². The Hall–Kier alpha value is -1.65. The summed E-state index contributed by atoms with van der Waals surface area (Å²) in [5, 5.41) is 11.2. The summed E-state index contributed by atoms with van der Waals surface area (Å²) in [5.41, 5.74) is -1.52. The van der Waals surface area contributed by atoms with Crippen molar-refractivity contribution >= 4 is 11.7 Å². The van der Waals surface area contributed by atoms with Gasteiger partial charge in [0.15, 0.2) is 0 Å². The van der Waals surface area contributed by atoms with Gasteiger partial charge in [-0.25, -0.2) is 13.6 Å². The van der Waals surface area contributed by atoms with Gasteiger partial charge in [-0.15, -0.1) is 0 Å². The van der Waals surface area contributed by atoms with Crippen molar-refractivity contribution < 1.29 is 18.7 Å². The zero-order valence-corrected chi connectivity index (χ0v) is 8.34. The van der Waals surface area contributed by atoms with Crippen molar-refractivity contribution in [3.63, 3.8) is 0 Å². The Labute approximate surface area is 85.7 Å². The van der Waals surface area contributed by atoms with E-state index in [0.29, 0.717) is 0 Å². The molecule has 0 saturated carbocycles. The predicted octanol–water partition coefficient (Wildman–Crippen LogP) is 2.24. The maximum absolute atomic E-state index is 13.1. The lowest BCUT2D eigenvalue weighted by molar-refractivity contribution is -0.141. The van der Waals surface area contributed by atoms with Crippen molar-refractivity contribution in [2.75, 3.05) is 5.32 Å². The first kappa shape index (κ1) is 11.4. The van der Waals surface area contributed by atoms with Crippen molar-refractivity contribution in [2.45, 2.75) is 19.4 Å². The molecule has 0 aromatic heterocycles. The molecule has 0 unspecified atom stereocenters. The van der Waals surface area contributed by atoms with Gasteiger partial charge >= 0.3 is 5.97 Å². The van der Waals surface area contributed by atoms with Gasteiger partial charge in [-0.2, -0.15) is 0 Å². The minimum atomic E-state index is -1.35. The van der Waals surface area contributed by atoms with Crippen LogP contribution in [0.25, 0.3) is 0 Å². The van der Waals surface area contributed by atoms with Crippen molar-refractivity contribution in [1.29, 1.82) is 0 Å². The molecule has 0 aliphatic heterocycles. The van der Waals surface area contributed by atoms with Crippen LogP contribution in [0.5, 0.6) is 0 Å². The fourth-order valence-corrected chi connectivity index (χ4v) is 0.983. The highest BCUT2D eigenvalue weighted by Crippen LogP contribution is 2.20. The van der Waals surface area contributed by atoms with Crippen LogP contribution in [0, 0.1) is 11.6 Å². The van der Waals surface area contributed by atoms with Gasteiger partial charge in [-0.05, 0) is 32.0 Å². The molecule has 15 heavy (non-hydrogen) atoms. The number of halogens is 2. The number of carboxylic acids is 1. The zero-order chi connectivity index (χ0) is 11.6. The molecular weight excluding hydrogens is 204 g/mol. The molecule has 2 N–H and O–H groups in total. The van der Waals surface area contributed by atoms with Crippen molar-refractivity contribution in [1.82, 2.24) is 0 Å². The van der Waals surface area contributed by atoms with Crippen molar-refractivity contribution in [3.05, 3.63) is 29.8 Å². The number of benzene rings is 1. The lowest BCUT2D eigenvalue weighted by Crippen LogP contribution is -2.40. The van der Waals surface area contributed by atoms with Gasteiger partial charge < -0.3 is 10.4 Å². The minimum Gasteiger partial charge on any atom is -0.480 e. The second-order valence-electron chi connectivity index (χ2n) is 3.68. The average molecular weight is 215 g/mol. The highest BCUT2D eigenvalue weighted by atomic mass is 19.1. The minimum absolute atomic E-state index is 0.164. The molecule has 3 nitrogen and oxygen atoms in total. The van der Waals surface area contributed by atoms with Crippen molar-refractivity contribution in [2.24, 2.45) is 0 Å². The fraction of sp³-hybridized carbons (Fsp3) is 0.300. The molecule has 0 fully saturated rings. The Morgan fingerprint density at radius 1 is 1.40 bits per heavy atom. The van der Waals surface area contributed by atoms with Gasteiger partial charge in [0.2, 0.25) is 0 Å². The summed E-state index contributed by atoms with van der Waals surface area (Å²) in [4.78, 5) is 10.7. The Kier molecular flexibility index (Phi) is 2.93. The van der Waals surface area contributed by atoms with Crippen LogP contribution in [0.2, 0.25) is 0 Å². The SMILES string of the molecule is CC(C)(Nc1cc(F)ccc1F)C(=O)O. The Bertz CT molecular complexity index is 391. The first-order chi connectivity index (χ1) is 6.83. The maximum Gasteiger partial charge on any atom is 0.328 e. The summed E-state index contributed by atoms with van der Waals surface area (Å²) in [6, 6.07) is 2.82. The van der Waals surface area contributed by atoms with Crippen LogP contribution in [0.1, 0.15) is 13.8 Å². The van der Waals surface area contributed by atoms with E-state index in [-0.39, 0.29) is 5.69 Å². The molecule has 0 radical (unpaired) electrons. The number of hydrogen-bond donors (Lipinski definition) is 2. The second-order valence-corrected chi connectivity index (χ2v) is 3.68. The summed E-state index contributed by atoms with van der Waals surface area (Å²) in [6.07, 6.45) is 0. The smallest absolute Gasteiger partial charge is 0.328 e. The number of carboxylic acid groups (broad SMARTS) is 1. The van der Waals surface area contributed by atoms with Crippen LogP contribution >= 0.6 is 0 Å². The standard InChI is InChI=1S/C10H11F2NO2/c1-10(2,9(14)15)13-8-5-6(11)3-4-7(8)12/h3-5,13H,1-2H3,(H,14,15). The molecule has 5 heteroatoms. The predicted molar refractivity (Wildman–Crippen MR) is 51.7 cm³/mol. The highest BCUT2D eigenvalue weighted by Gasteiger charge is 2.27. The number of hydrogen-bond acceptors (Lipinski definition) is 2. The van der Waals surface area contributed by atoms with Crippen LogP contribution in [-0.4, -0.2) is 16.6 Å². The molecule has 0 aliphatic carbocycles. The molecule has 0 heterocycles. The van der Waals surface area contributed by atoms with E-state index >= 15 is 0 Å². The molecule has 1 aromatic rings. The fourth-order valence-electron chi connectivity index (χ4n) is 0.983. The summed E-state index contributed by atoms with van der Waals surface area (Å²) < 4.78 is 25.9. The molecule has 0 saturated heterocycles. The van der Waals surface area contributed by atoms with E-state index < -0.39 is 23.1 Å². The molecule has 0 amide bonds. The lowest BCUT2D eigenvalue weighted by Gasteiger charge is -2.22. The van der Waals surface area contributed by atoms with Crippen LogP contribution < -0.4 is 5.32 Å². The Balaban J connectivity index is 2.99. The van der Waals surface area contributed by atoms with Crippen LogP contribution in [0.15, 0.2) is 18.2 Å². The summed E-state index contributed by atoms with van der Waals surface area (Å²) >= 11 is 0. The molecule has 0 bridgehead atoms. The van der Waals surface area contributed by atoms with Gasteiger partial charge in [0.1, 0.15) is 17.2 Å². The van der Waals surface area contributed by atoms with Gasteiger partial charge in [-0.1, -0.05) is 0 Å². The molecule has 82 valence electrons. The topological polar surface area (TPSA) is 49.3 Å². The lowest BCUT2D eigenvalue weighted by atomic mass is 10.1. The number of nitrogens with one attached hydrogen (secondary N) is 1. The summed E-state index contributed by atoms with van der Waals surface area (Å²) in [5.74, 6) is -2.46. The van der Waals surface area contributed by atoms with E-state index in [9.17, 15) is 13.6 Å². The quantitative estimate of drug-likeness (QED) is 0.812. The number of rotatable bonds is 3. The van der Waals surface area contributed by atoms with Crippen LogP contribution in [0.3, 0.4) is 0 Å². The monoisotopic (exact) mass is 215 g/mol. The van der Waals surface area contributed by atoms with E-state index in [1.807, 2.05) is 0 Å². The molecule has 0 spiro atoms. The van der Waals surface area contributed by atoms with E-state index in [4.69, 9.17) is 5.11 Å².